The molecule has 3 saturated heterocycles. The number of hydrogen-bond donors (Lipinski definition) is 2. The Balaban J connectivity index is 1.47. The lowest BCUT2D eigenvalue weighted by atomic mass is 9.87. The Bertz CT molecular complexity index is 693. The molecule has 3 aliphatic heterocycles. The van der Waals surface area contributed by atoms with Crippen molar-refractivity contribution in [1.29, 1.82) is 0 Å². The predicted octanol–water partition coefficient (Wildman–Crippen LogP) is 2.47. The largest absolute Gasteiger partial charge is 0.508 e. The van der Waals surface area contributed by atoms with Crippen LogP contribution in [0.3, 0.4) is 0 Å². The Kier molecular flexibility index (Phi) is 4.61. The molecular formula is C18H22Cl2N2O3. The molecule has 3 fully saturated rings. The molecule has 1 unspecified atom stereocenters. The molecule has 3 heterocycles. The highest BCUT2D eigenvalue weighted by Crippen LogP contribution is 2.45. The number of fused-ring (bicyclic) bond motifs is 1. The molecule has 0 saturated carbocycles. The van der Waals surface area contributed by atoms with Gasteiger partial charge in [0.2, 0.25) is 5.91 Å². The summed E-state index contributed by atoms with van der Waals surface area (Å²) in [5, 5.41) is 20.5. The molecule has 2 N–H and O–H groups in total. The molecule has 25 heavy (non-hydrogen) atoms. The lowest BCUT2D eigenvalue weighted by Crippen LogP contribution is -2.54. The molecule has 136 valence electrons. The summed E-state index contributed by atoms with van der Waals surface area (Å²) < 4.78 is 0. The van der Waals surface area contributed by atoms with E-state index in [4.69, 9.17) is 23.2 Å². The van der Waals surface area contributed by atoms with Gasteiger partial charge in [0.1, 0.15) is 5.75 Å². The SMILES string of the molecule is O=C1CC(CN2CC(O)C2)C[C@@H]2C[C@H](c3c(O)ccc(Cl)c3Cl)CN12. The number of carbonyl (C=O) groups is 1. The van der Waals surface area contributed by atoms with Crippen LogP contribution in [0, 0.1) is 5.92 Å². The summed E-state index contributed by atoms with van der Waals surface area (Å²) in [6, 6.07) is 3.35. The highest BCUT2D eigenvalue weighted by molar-refractivity contribution is 6.42. The monoisotopic (exact) mass is 384 g/mol. The number of halogens is 2. The number of likely N-dealkylation sites (tertiary alicyclic amines) is 1. The molecule has 0 aromatic heterocycles. The van der Waals surface area contributed by atoms with E-state index in [1.807, 2.05) is 4.90 Å². The molecule has 1 amide bonds. The molecule has 0 bridgehead atoms. The van der Waals surface area contributed by atoms with Crippen molar-refractivity contribution in [3.05, 3.63) is 27.7 Å². The second-order valence-corrected chi connectivity index (χ2v) is 8.39. The summed E-state index contributed by atoms with van der Waals surface area (Å²) in [4.78, 5) is 16.7. The van der Waals surface area contributed by atoms with E-state index in [1.54, 1.807) is 12.1 Å². The van der Waals surface area contributed by atoms with E-state index in [-0.39, 0.29) is 29.7 Å². The zero-order valence-electron chi connectivity index (χ0n) is 13.9. The number of phenolic OH excluding ortho intramolecular Hbond substituents is 1. The van der Waals surface area contributed by atoms with Crippen LogP contribution in [-0.4, -0.2) is 64.2 Å². The molecule has 1 aromatic rings. The minimum atomic E-state index is -0.209. The number of benzene rings is 1. The van der Waals surface area contributed by atoms with Crippen molar-refractivity contribution < 1.29 is 15.0 Å². The van der Waals surface area contributed by atoms with Crippen molar-refractivity contribution in [2.24, 2.45) is 5.92 Å². The van der Waals surface area contributed by atoms with Gasteiger partial charge in [0, 0.05) is 50.1 Å². The van der Waals surface area contributed by atoms with Crippen LogP contribution < -0.4 is 0 Å². The maximum Gasteiger partial charge on any atom is 0.223 e. The number of phenols is 1. The quantitative estimate of drug-likeness (QED) is 0.839. The van der Waals surface area contributed by atoms with Gasteiger partial charge in [-0.05, 0) is 30.9 Å². The van der Waals surface area contributed by atoms with Crippen LogP contribution in [-0.2, 0) is 4.79 Å². The predicted molar refractivity (Wildman–Crippen MR) is 96.2 cm³/mol. The van der Waals surface area contributed by atoms with Gasteiger partial charge in [0.15, 0.2) is 0 Å². The molecule has 3 aliphatic rings. The standard InChI is InChI=1S/C18H22Cl2N2O3/c19-14-1-2-15(24)17(18(14)20)11-5-12-3-10(4-16(25)22(12)7-11)6-21-8-13(23)9-21/h1-2,10-13,23-24H,3-9H2/t10?,11-,12+/m0/s1. The zero-order chi connectivity index (χ0) is 17.7. The Labute approximate surface area is 157 Å². The minimum Gasteiger partial charge on any atom is -0.508 e. The van der Waals surface area contributed by atoms with Gasteiger partial charge in [-0.2, -0.15) is 0 Å². The van der Waals surface area contributed by atoms with E-state index < -0.39 is 0 Å². The summed E-state index contributed by atoms with van der Waals surface area (Å²) in [6.45, 7) is 2.90. The van der Waals surface area contributed by atoms with Gasteiger partial charge in [0.05, 0.1) is 16.1 Å². The van der Waals surface area contributed by atoms with Gasteiger partial charge >= 0.3 is 0 Å². The van der Waals surface area contributed by atoms with E-state index in [0.717, 1.165) is 19.4 Å². The third-order valence-electron chi connectivity index (χ3n) is 5.78. The lowest BCUT2D eigenvalue weighted by molar-refractivity contribution is -0.137. The van der Waals surface area contributed by atoms with Gasteiger partial charge in [-0.3, -0.25) is 9.69 Å². The number of hydrogen-bond acceptors (Lipinski definition) is 4. The fraction of sp³-hybridized carbons (Fsp3) is 0.611. The lowest BCUT2D eigenvalue weighted by Gasteiger charge is -2.41. The van der Waals surface area contributed by atoms with Crippen LogP contribution in [0.5, 0.6) is 5.75 Å². The van der Waals surface area contributed by atoms with Crippen LogP contribution in [0.15, 0.2) is 12.1 Å². The van der Waals surface area contributed by atoms with Crippen LogP contribution >= 0.6 is 23.2 Å². The summed E-state index contributed by atoms with van der Waals surface area (Å²) in [6.07, 6.45) is 2.12. The van der Waals surface area contributed by atoms with Crippen LogP contribution in [0.25, 0.3) is 0 Å². The molecule has 1 aromatic carbocycles. The van der Waals surface area contributed by atoms with Gasteiger partial charge in [-0.15, -0.1) is 0 Å². The number of aliphatic hydroxyl groups excluding tert-OH is 1. The van der Waals surface area contributed by atoms with Gasteiger partial charge in [0.25, 0.3) is 0 Å². The Hall–Kier alpha value is -1.01. The Morgan fingerprint density at radius 1 is 1.16 bits per heavy atom. The fourth-order valence-corrected chi connectivity index (χ4v) is 5.11. The van der Waals surface area contributed by atoms with Gasteiger partial charge in [-0.25, -0.2) is 0 Å². The molecule has 7 heteroatoms. The summed E-state index contributed by atoms with van der Waals surface area (Å²) >= 11 is 12.4. The highest BCUT2D eigenvalue weighted by Gasteiger charge is 2.43. The van der Waals surface area contributed by atoms with E-state index in [2.05, 4.69) is 4.90 Å². The molecule has 5 nitrogen and oxygen atoms in total. The average molecular weight is 385 g/mol. The first kappa shape index (κ1) is 17.4. The van der Waals surface area contributed by atoms with Crippen molar-refractivity contribution in [3.8, 4) is 5.75 Å². The summed E-state index contributed by atoms with van der Waals surface area (Å²) in [5.41, 5.74) is 0.666. The minimum absolute atomic E-state index is 0.0183. The number of piperidine rings is 1. The normalized spacial score (nSPS) is 30.4. The first-order valence-electron chi connectivity index (χ1n) is 8.79. The number of aromatic hydroxyl groups is 1. The van der Waals surface area contributed by atoms with Crippen LogP contribution in [0.1, 0.15) is 30.7 Å². The van der Waals surface area contributed by atoms with Crippen LogP contribution in [0.4, 0.5) is 0 Å². The number of nitrogens with zero attached hydrogens (tertiary/aromatic N) is 2. The smallest absolute Gasteiger partial charge is 0.223 e. The maximum absolute atomic E-state index is 12.6. The molecule has 3 atom stereocenters. The number of aliphatic hydroxyl groups is 1. The summed E-state index contributed by atoms with van der Waals surface area (Å²) in [7, 11) is 0. The first-order chi connectivity index (χ1) is 11.9. The molecule has 0 aliphatic carbocycles. The second kappa shape index (κ2) is 6.62. The third kappa shape index (κ3) is 3.23. The first-order valence-corrected chi connectivity index (χ1v) is 9.54. The number of carbonyl (C=O) groups excluding carboxylic acids is 1. The van der Waals surface area contributed by atoms with Gasteiger partial charge in [-0.1, -0.05) is 23.2 Å². The molecular weight excluding hydrogens is 363 g/mol. The van der Waals surface area contributed by atoms with Crippen LogP contribution in [0.2, 0.25) is 10.0 Å². The average Bonchev–Trinajstić information content (AvgIpc) is 2.94. The number of β-amino-alcohol motifs (C(OH)–C–C–N with tert-alkyl or cyclic N) is 1. The Morgan fingerprint density at radius 2 is 1.92 bits per heavy atom. The topological polar surface area (TPSA) is 64.0 Å². The van der Waals surface area contributed by atoms with Crippen molar-refractivity contribution in [2.45, 2.75) is 37.3 Å². The molecule has 4 rings (SSSR count). The molecule has 0 spiro atoms. The van der Waals surface area contributed by atoms with Crippen molar-refractivity contribution in [2.75, 3.05) is 26.2 Å². The van der Waals surface area contributed by atoms with E-state index in [1.165, 1.54) is 0 Å². The van der Waals surface area contributed by atoms with Crippen molar-refractivity contribution in [1.82, 2.24) is 9.80 Å². The second-order valence-electron chi connectivity index (χ2n) is 7.60. The Morgan fingerprint density at radius 3 is 2.64 bits per heavy atom. The zero-order valence-corrected chi connectivity index (χ0v) is 15.4. The highest BCUT2D eigenvalue weighted by atomic mass is 35.5. The van der Waals surface area contributed by atoms with Gasteiger partial charge < -0.3 is 15.1 Å². The van der Waals surface area contributed by atoms with E-state index in [0.29, 0.717) is 47.6 Å². The fourth-order valence-electron chi connectivity index (χ4n) is 4.63. The number of rotatable bonds is 3. The third-order valence-corrected chi connectivity index (χ3v) is 6.59. The van der Waals surface area contributed by atoms with E-state index >= 15 is 0 Å². The van der Waals surface area contributed by atoms with E-state index in [9.17, 15) is 15.0 Å². The number of amides is 1. The summed E-state index contributed by atoms with van der Waals surface area (Å²) in [5.74, 6) is 0.688. The molecule has 0 radical (unpaired) electrons. The van der Waals surface area contributed by atoms with Crippen molar-refractivity contribution >= 4 is 29.1 Å². The van der Waals surface area contributed by atoms with Crippen molar-refractivity contribution in [3.63, 3.8) is 0 Å². The maximum atomic E-state index is 12.6.